The van der Waals surface area contributed by atoms with E-state index in [9.17, 15) is 4.79 Å². The molecule has 1 atom stereocenters. The highest BCUT2D eigenvalue weighted by molar-refractivity contribution is 7.99. The Kier molecular flexibility index (Phi) is 6.38. The van der Waals surface area contributed by atoms with Crippen LogP contribution in [0.1, 0.15) is 24.1 Å². The first-order valence-electron chi connectivity index (χ1n) is 8.53. The first-order valence-corrected chi connectivity index (χ1v) is 9.52. The van der Waals surface area contributed by atoms with Gasteiger partial charge in [-0.1, -0.05) is 72.4 Å². The van der Waals surface area contributed by atoms with Gasteiger partial charge in [0.15, 0.2) is 0 Å². The molecule has 134 valence electrons. The number of nitrogens with zero attached hydrogens (tertiary/aromatic N) is 4. The smallest absolute Gasteiger partial charge is 0.230 e. The minimum Gasteiger partial charge on any atom is -0.348 e. The Hall–Kier alpha value is -2.67. The number of hydrogen-bond acceptors (Lipinski definition) is 5. The summed E-state index contributed by atoms with van der Waals surface area (Å²) in [7, 11) is 0. The lowest BCUT2D eigenvalue weighted by Gasteiger charge is -2.19. The third-order valence-electron chi connectivity index (χ3n) is 3.95. The molecule has 3 aromatic rings. The number of aryl methyl sites for hydroxylation is 1. The number of thioether (sulfide) groups is 1. The molecule has 0 saturated heterocycles. The summed E-state index contributed by atoms with van der Waals surface area (Å²) in [5.74, 6) is 0.240. The average Bonchev–Trinajstić information content (AvgIpc) is 3.15. The third-order valence-corrected chi connectivity index (χ3v) is 4.91. The molecule has 26 heavy (non-hydrogen) atoms. The second-order valence-electron chi connectivity index (χ2n) is 5.79. The highest BCUT2D eigenvalue weighted by Gasteiger charge is 2.16. The van der Waals surface area contributed by atoms with Crippen molar-refractivity contribution < 1.29 is 4.79 Å². The van der Waals surface area contributed by atoms with Crippen molar-refractivity contribution in [2.24, 2.45) is 0 Å². The van der Waals surface area contributed by atoms with E-state index in [0.717, 1.165) is 12.0 Å². The van der Waals surface area contributed by atoms with Crippen LogP contribution in [0.3, 0.4) is 0 Å². The Morgan fingerprint density at radius 2 is 1.81 bits per heavy atom. The highest BCUT2D eigenvalue weighted by Crippen LogP contribution is 2.19. The molecule has 1 unspecified atom stereocenters. The molecule has 6 nitrogen and oxygen atoms in total. The van der Waals surface area contributed by atoms with Crippen molar-refractivity contribution in [3.05, 3.63) is 71.8 Å². The van der Waals surface area contributed by atoms with Gasteiger partial charge in [0.1, 0.15) is 0 Å². The molecular weight excluding hydrogens is 346 g/mol. The van der Waals surface area contributed by atoms with Gasteiger partial charge in [-0.05, 0) is 34.9 Å². The predicted molar refractivity (Wildman–Crippen MR) is 102 cm³/mol. The van der Waals surface area contributed by atoms with Crippen molar-refractivity contribution in [2.45, 2.75) is 31.1 Å². The topological polar surface area (TPSA) is 72.7 Å². The van der Waals surface area contributed by atoms with Crippen molar-refractivity contribution in [1.29, 1.82) is 0 Å². The summed E-state index contributed by atoms with van der Waals surface area (Å²) in [5.41, 5.74) is 2.28. The number of hydrogen-bond donors (Lipinski definition) is 1. The van der Waals surface area contributed by atoms with E-state index in [1.54, 1.807) is 4.68 Å². The van der Waals surface area contributed by atoms with E-state index >= 15 is 0 Å². The molecule has 0 aliphatic carbocycles. The van der Waals surface area contributed by atoms with E-state index in [1.165, 1.54) is 17.3 Å². The van der Waals surface area contributed by atoms with Crippen molar-refractivity contribution in [1.82, 2.24) is 25.5 Å². The lowest BCUT2D eigenvalue weighted by molar-refractivity contribution is -0.119. The summed E-state index contributed by atoms with van der Waals surface area (Å²) in [6.45, 7) is 2.64. The summed E-state index contributed by atoms with van der Waals surface area (Å²) in [6, 6.07) is 20.1. The van der Waals surface area contributed by atoms with Crippen molar-refractivity contribution in [3.8, 4) is 0 Å². The highest BCUT2D eigenvalue weighted by atomic mass is 32.2. The van der Waals surface area contributed by atoms with Crippen molar-refractivity contribution >= 4 is 17.7 Å². The summed E-state index contributed by atoms with van der Waals surface area (Å²) in [4.78, 5) is 12.5. The van der Waals surface area contributed by atoms with Crippen LogP contribution in [0, 0.1) is 0 Å². The maximum absolute atomic E-state index is 12.5. The summed E-state index contributed by atoms with van der Waals surface area (Å²) >= 11 is 1.34. The minimum atomic E-state index is -0.0751. The molecule has 3 rings (SSSR count). The number of nitrogens with one attached hydrogen (secondary N) is 1. The molecule has 0 fully saturated rings. The van der Waals surface area contributed by atoms with Gasteiger partial charge in [0, 0.05) is 6.54 Å². The zero-order chi connectivity index (χ0) is 18.2. The van der Waals surface area contributed by atoms with Crippen LogP contribution in [0.2, 0.25) is 0 Å². The van der Waals surface area contributed by atoms with E-state index in [0.29, 0.717) is 11.7 Å². The second-order valence-corrected chi connectivity index (χ2v) is 6.73. The number of carbonyl (C=O) groups is 1. The Labute approximate surface area is 157 Å². The monoisotopic (exact) mass is 367 g/mol. The quantitative estimate of drug-likeness (QED) is 0.620. The van der Waals surface area contributed by atoms with Crippen LogP contribution < -0.4 is 5.32 Å². The molecule has 1 amide bonds. The number of tetrazole rings is 1. The van der Waals surface area contributed by atoms with E-state index in [4.69, 9.17) is 0 Å². The number of carbonyl (C=O) groups excluding carboxylic acids is 1. The largest absolute Gasteiger partial charge is 0.348 e. The normalized spacial score (nSPS) is 11.9. The number of amides is 1. The summed E-state index contributed by atoms with van der Waals surface area (Å²) in [5, 5.41) is 15.3. The molecule has 1 heterocycles. The molecule has 1 aromatic heterocycles. The Balaban J connectivity index is 1.66. The Bertz CT molecular complexity index is 822. The lowest BCUT2D eigenvalue weighted by atomic mass is 9.99. The van der Waals surface area contributed by atoms with E-state index in [1.807, 2.05) is 55.5 Å². The zero-order valence-corrected chi connectivity index (χ0v) is 15.4. The Morgan fingerprint density at radius 1 is 1.12 bits per heavy atom. The van der Waals surface area contributed by atoms with E-state index in [2.05, 4.69) is 33.0 Å². The van der Waals surface area contributed by atoms with Gasteiger partial charge < -0.3 is 5.32 Å². The minimum absolute atomic E-state index is 0.0366. The van der Waals surface area contributed by atoms with Crippen LogP contribution in [0.4, 0.5) is 0 Å². The standard InChI is InChI=1S/C19H21N5OS/c1-2-24-19(21-22-23-24)26-14-18(25)20-17(16-11-7-4-8-12-16)13-15-9-5-3-6-10-15/h3-12,17H,2,13-14H2,1H3,(H,20,25). The van der Waals surface area contributed by atoms with Gasteiger partial charge in [-0.25, -0.2) is 4.68 Å². The van der Waals surface area contributed by atoms with Gasteiger partial charge >= 0.3 is 0 Å². The fourth-order valence-electron chi connectivity index (χ4n) is 2.65. The molecular formula is C19H21N5OS. The molecule has 1 N–H and O–H groups in total. The molecule has 0 spiro atoms. The molecule has 0 aliphatic rings. The van der Waals surface area contributed by atoms with Crippen LogP contribution in [0.25, 0.3) is 0 Å². The maximum atomic E-state index is 12.5. The molecule has 0 bridgehead atoms. The van der Waals surface area contributed by atoms with Gasteiger partial charge in [0.2, 0.25) is 11.1 Å². The Morgan fingerprint density at radius 3 is 2.50 bits per heavy atom. The van der Waals surface area contributed by atoms with Gasteiger partial charge in [0.05, 0.1) is 11.8 Å². The van der Waals surface area contributed by atoms with Crippen LogP contribution in [-0.4, -0.2) is 31.9 Å². The van der Waals surface area contributed by atoms with Gasteiger partial charge in [-0.15, -0.1) is 5.10 Å². The fraction of sp³-hybridized carbons (Fsp3) is 0.263. The van der Waals surface area contributed by atoms with Crippen LogP contribution >= 0.6 is 11.8 Å². The fourth-order valence-corrected chi connectivity index (χ4v) is 3.40. The molecule has 2 aromatic carbocycles. The average molecular weight is 367 g/mol. The van der Waals surface area contributed by atoms with Crippen LogP contribution in [0.15, 0.2) is 65.8 Å². The number of rotatable bonds is 8. The molecule has 0 radical (unpaired) electrons. The van der Waals surface area contributed by atoms with Gasteiger partial charge in [-0.2, -0.15) is 0 Å². The number of aromatic nitrogens is 4. The van der Waals surface area contributed by atoms with Gasteiger partial charge in [0.25, 0.3) is 0 Å². The van der Waals surface area contributed by atoms with Crippen LogP contribution in [-0.2, 0) is 17.8 Å². The number of benzene rings is 2. The maximum Gasteiger partial charge on any atom is 0.230 e. The first-order chi connectivity index (χ1) is 12.8. The third kappa shape index (κ3) is 4.92. The van der Waals surface area contributed by atoms with Crippen LogP contribution in [0.5, 0.6) is 0 Å². The van der Waals surface area contributed by atoms with E-state index < -0.39 is 0 Å². The molecule has 0 aliphatic heterocycles. The lowest BCUT2D eigenvalue weighted by Crippen LogP contribution is -2.31. The van der Waals surface area contributed by atoms with Crippen molar-refractivity contribution in [2.75, 3.05) is 5.75 Å². The first kappa shape index (κ1) is 18.1. The zero-order valence-electron chi connectivity index (χ0n) is 14.6. The van der Waals surface area contributed by atoms with Gasteiger partial charge in [-0.3, -0.25) is 4.79 Å². The van der Waals surface area contributed by atoms with E-state index in [-0.39, 0.29) is 17.7 Å². The SMILES string of the molecule is CCn1nnnc1SCC(=O)NC(Cc1ccccc1)c1ccccc1. The summed E-state index contributed by atoms with van der Waals surface area (Å²) < 4.78 is 1.68. The summed E-state index contributed by atoms with van der Waals surface area (Å²) in [6.07, 6.45) is 0.744. The molecule has 0 saturated carbocycles. The molecule has 7 heteroatoms. The van der Waals surface area contributed by atoms with Crippen molar-refractivity contribution in [3.63, 3.8) is 0 Å². The predicted octanol–water partition coefficient (Wildman–Crippen LogP) is 2.89. The second kappa shape index (κ2) is 9.15.